The molecule has 1 aliphatic rings. The van der Waals surface area contributed by atoms with Gasteiger partial charge in [0, 0.05) is 42.3 Å². The number of anilines is 2. The topological polar surface area (TPSA) is 41.6 Å². The molecule has 0 bridgehead atoms. The van der Waals surface area contributed by atoms with Gasteiger partial charge < -0.3 is 15.0 Å². The summed E-state index contributed by atoms with van der Waals surface area (Å²) in [6.45, 7) is 5.52. The minimum absolute atomic E-state index is 0.0000833. The fourth-order valence-electron chi connectivity index (χ4n) is 2.80. The van der Waals surface area contributed by atoms with E-state index in [0.717, 1.165) is 38.4 Å². The lowest BCUT2D eigenvalue weighted by Crippen LogP contribution is -2.36. The second kappa shape index (κ2) is 8.49. The van der Waals surface area contributed by atoms with Gasteiger partial charge in [-0.2, -0.15) is 0 Å². The number of ether oxygens (including phenoxy) is 1. The van der Waals surface area contributed by atoms with Gasteiger partial charge in [-0.05, 0) is 36.2 Å². The first kappa shape index (κ1) is 17.2. The van der Waals surface area contributed by atoms with E-state index < -0.39 is 0 Å². The van der Waals surface area contributed by atoms with Crippen molar-refractivity contribution < 1.29 is 9.53 Å². The van der Waals surface area contributed by atoms with E-state index in [-0.39, 0.29) is 5.78 Å². The molecule has 0 aliphatic carbocycles. The van der Waals surface area contributed by atoms with Crippen molar-refractivity contribution in [1.82, 2.24) is 0 Å². The second-order valence-corrected chi connectivity index (χ2v) is 6.04. The number of rotatable bonds is 6. The first-order chi connectivity index (χ1) is 12.3. The highest BCUT2D eigenvalue weighted by atomic mass is 16.5. The highest BCUT2D eigenvalue weighted by Gasteiger charge is 2.10. The average molecular weight is 336 g/mol. The zero-order valence-electron chi connectivity index (χ0n) is 14.6. The van der Waals surface area contributed by atoms with Crippen LogP contribution in [-0.2, 0) is 11.2 Å². The summed E-state index contributed by atoms with van der Waals surface area (Å²) >= 11 is 0. The molecule has 3 rings (SSSR count). The SMILES string of the molecule is CCc1ccc(C(=O)/C=C/Nc2ccc(N3CCOCC3)cc2)cc1. The number of benzene rings is 2. The molecule has 4 nitrogen and oxygen atoms in total. The Morgan fingerprint density at radius 1 is 1.08 bits per heavy atom. The number of carbonyl (C=O) groups excluding carboxylic acids is 1. The monoisotopic (exact) mass is 336 g/mol. The molecule has 0 spiro atoms. The van der Waals surface area contributed by atoms with Crippen LogP contribution in [0.2, 0.25) is 0 Å². The highest BCUT2D eigenvalue weighted by Crippen LogP contribution is 2.19. The van der Waals surface area contributed by atoms with Gasteiger partial charge in [-0.1, -0.05) is 31.2 Å². The van der Waals surface area contributed by atoms with E-state index in [2.05, 4.69) is 29.3 Å². The lowest BCUT2D eigenvalue weighted by atomic mass is 10.1. The van der Waals surface area contributed by atoms with Crippen LogP contribution in [0, 0.1) is 0 Å². The van der Waals surface area contributed by atoms with E-state index in [4.69, 9.17) is 4.74 Å². The van der Waals surface area contributed by atoms with Crippen molar-refractivity contribution in [1.29, 1.82) is 0 Å². The van der Waals surface area contributed by atoms with Crippen LogP contribution in [0.4, 0.5) is 11.4 Å². The standard InChI is InChI=1S/C21H24N2O2/c1-2-17-3-5-18(6-4-17)21(24)11-12-22-19-7-9-20(10-8-19)23-13-15-25-16-14-23/h3-12,22H,2,13-16H2,1H3/b12-11+. The minimum atomic E-state index is 0.0000833. The van der Waals surface area contributed by atoms with Gasteiger partial charge in [-0.3, -0.25) is 4.79 Å². The van der Waals surface area contributed by atoms with Gasteiger partial charge in [-0.25, -0.2) is 0 Å². The number of morpholine rings is 1. The Bertz CT molecular complexity index is 715. The van der Waals surface area contributed by atoms with Gasteiger partial charge in [0.1, 0.15) is 0 Å². The zero-order chi connectivity index (χ0) is 17.5. The van der Waals surface area contributed by atoms with Gasteiger partial charge >= 0.3 is 0 Å². The van der Waals surface area contributed by atoms with Crippen LogP contribution in [0.15, 0.2) is 60.8 Å². The number of aryl methyl sites for hydroxylation is 1. The summed E-state index contributed by atoms with van der Waals surface area (Å²) < 4.78 is 5.37. The molecule has 1 heterocycles. The van der Waals surface area contributed by atoms with Crippen LogP contribution >= 0.6 is 0 Å². The molecule has 0 atom stereocenters. The Morgan fingerprint density at radius 2 is 1.76 bits per heavy atom. The zero-order valence-corrected chi connectivity index (χ0v) is 14.6. The molecule has 1 fully saturated rings. The van der Waals surface area contributed by atoms with E-state index in [1.807, 2.05) is 36.4 Å². The Hall–Kier alpha value is -2.59. The maximum Gasteiger partial charge on any atom is 0.187 e. The minimum Gasteiger partial charge on any atom is -0.378 e. The Labute approximate surface area is 149 Å². The van der Waals surface area contributed by atoms with Crippen LogP contribution in [0.1, 0.15) is 22.8 Å². The summed E-state index contributed by atoms with van der Waals surface area (Å²) in [4.78, 5) is 14.5. The smallest absolute Gasteiger partial charge is 0.187 e. The molecular formula is C21H24N2O2. The van der Waals surface area contributed by atoms with Crippen molar-refractivity contribution in [3.8, 4) is 0 Å². The molecule has 0 unspecified atom stereocenters. The molecule has 2 aromatic carbocycles. The average Bonchev–Trinajstić information content (AvgIpc) is 2.69. The molecule has 1 N–H and O–H groups in total. The molecule has 25 heavy (non-hydrogen) atoms. The summed E-state index contributed by atoms with van der Waals surface area (Å²) in [6, 6.07) is 16.0. The number of hydrogen-bond acceptors (Lipinski definition) is 4. The van der Waals surface area contributed by atoms with Crippen LogP contribution in [-0.4, -0.2) is 32.1 Å². The number of allylic oxidation sites excluding steroid dienone is 1. The van der Waals surface area contributed by atoms with Gasteiger partial charge in [0.05, 0.1) is 13.2 Å². The number of carbonyl (C=O) groups is 1. The van der Waals surface area contributed by atoms with E-state index in [0.29, 0.717) is 5.56 Å². The fourth-order valence-corrected chi connectivity index (χ4v) is 2.80. The lowest BCUT2D eigenvalue weighted by Gasteiger charge is -2.28. The van der Waals surface area contributed by atoms with Gasteiger partial charge in [0.2, 0.25) is 0 Å². The third kappa shape index (κ3) is 4.70. The number of hydrogen-bond donors (Lipinski definition) is 1. The highest BCUT2D eigenvalue weighted by molar-refractivity contribution is 6.04. The molecule has 130 valence electrons. The Kier molecular flexibility index (Phi) is 5.86. The molecule has 1 saturated heterocycles. The summed E-state index contributed by atoms with van der Waals surface area (Å²) in [5, 5.41) is 3.15. The maximum absolute atomic E-state index is 12.1. The predicted molar refractivity (Wildman–Crippen MR) is 102 cm³/mol. The van der Waals surface area contributed by atoms with Gasteiger partial charge in [-0.15, -0.1) is 0 Å². The summed E-state index contributed by atoms with van der Waals surface area (Å²) in [5.74, 6) is 0.0000833. The van der Waals surface area contributed by atoms with E-state index in [1.165, 1.54) is 11.3 Å². The van der Waals surface area contributed by atoms with E-state index in [9.17, 15) is 4.79 Å². The van der Waals surface area contributed by atoms with Crippen molar-refractivity contribution in [2.45, 2.75) is 13.3 Å². The van der Waals surface area contributed by atoms with Gasteiger partial charge in [0.15, 0.2) is 5.78 Å². The molecule has 1 aliphatic heterocycles. The Balaban J connectivity index is 1.55. The predicted octanol–water partition coefficient (Wildman–Crippen LogP) is 3.89. The molecule has 4 heteroatoms. The molecule has 0 amide bonds. The molecule has 0 radical (unpaired) electrons. The van der Waals surface area contributed by atoms with Crippen LogP contribution in [0.25, 0.3) is 0 Å². The summed E-state index contributed by atoms with van der Waals surface area (Å²) in [7, 11) is 0. The largest absolute Gasteiger partial charge is 0.378 e. The number of nitrogens with zero attached hydrogens (tertiary/aromatic N) is 1. The van der Waals surface area contributed by atoms with Crippen LogP contribution in [0.3, 0.4) is 0 Å². The van der Waals surface area contributed by atoms with Crippen LogP contribution < -0.4 is 10.2 Å². The fraction of sp³-hybridized carbons (Fsp3) is 0.286. The number of nitrogens with one attached hydrogen (secondary N) is 1. The quantitative estimate of drug-likeness (QED) is 0.642. The van der Waals surface area contributed by atoms with Gasteiger partial charge in [0.25, 0.3) is 0 Å². The Morgan fingerprint density at radius 3 is 2.40 bits per heavy atom. The lowest BCUT2D eigenvalue weighted by molar-refractivity contribution is 0.104. The normalized spacial score (nSPS) is 14.7. The molecular weight excluding hydrogens is 312 g/mol. The maximum atomic E-state index is 12.1. The first-order valence-corrected chi connectivity index (χ1v) is 8.75. The molecule has 0 aromatic heterocycles. The van der Waals surface area contributed by atoms with Crippen molar-refractivity contribution in [2.75, 3.05) is 36.5 Å². The van der Waals surface area contributed by atoms with Crippen molar-refractivity contribution in [3.05, 3.63) is 71.9 Å². The molecule has 2 aromatic rings. The van der Waals surface area contributed by atoms with E-state index in [1.54, 1.807) is 12.3 Å². The van der Waals surface area contributed by atoms with Crippen molar-refractivity contribution in [3.63, 3.8) is 0 Å². The third-order valence-electron chi connectivity index (χ3n) is 4.37. The van der Waals surface area contributed by atoms with Crippen LogP contribution in [0.5, 0.6) is 0 Å². The molecule has 0 saturated carbocycles. The first-order valence-electron chi connectivity index (χ1n) is 8.75. The second-order valence-electron chi connectivity index (χ2n) is 6.04. The summed E-state index contributed by atoms with van der Waals surface area (Å²) in [5.41, 5.74) is 4.10. The van der Waals surface area contributed by atoms with Crippen molar-refractivity contribution >= 4 is 17.2 Å². The van der Waals surface area contributed by atoms with E-state index >= 15 is 0 Å². The summed E-state index contributed by atoms with van der Waals surface area (Å²) in [6.07, 6.45) is 4.24. The van der Waals surface area contributed by atoms with Crippen molar-refractivity contribution in [2.24, 2.45) is 0 Å². The third-order valence-corrected chi connectivity index (χ3v) is 4.37. The number of ketones is 1.